The number of carbonyl (C=O) groups excluding carboxylic acids is 1. The van der Waals surface area contributed by atoms with Gasteiger partial charge in [-0.2, -0.15) is 0 Å². The van der Waals surface area contributed by atoms with Crippen LogP contribution in [-0.4, -0.2) is 22.6 Å². The summed E-state index contributed by atoms with van der Waals surface area (Å²) in [5.74, 6) is 0.149. The average Bonchev–Trinajstić information content (AvgIpc) is 2.68. The monoisotopic (exact) mass is 275 g/mol. The lowest BCUT2D eigenvalue weighted by Gasteiger charge is -2.32. The van der Waals surface area contributed by atoms with Gasteiger partial charge < -0.3 is 9.30 Å². The predicted molar refractivity (Wildman–Crippen MR) is 79.0 cm³/mol. The van der Waals surface area contributed by atoms with Crippen molar-refractivity contribution in [2.75, 3.05) is 0 Å². The molecule has 3 heteroatoms. The molecule has 1 saturated carbocycles. The number of ketones is 1. The number of hydrogen-bond acceptors (Lipinski definition) is 2. The van der Waals surface area contributed by atoms with Gasteiger partial charge >= 0.3 is 0 Å². The van der Waals surface area contributed by atoms with E-state index >= 15 is 0 Å². The summed E-state index contributed by atoms with van der Waals surface area (Å²) < 4.78 is 8.53. The normalized spacial score (nSPS) is 31.1. The number of fused-ring (bicyclic) bond motifs is 3. The van der Waals surface area contributed by atoms with Crippen molar-refractivity contribution in [3.63, 3.8) is 0 Å². The predicted octanol–water partition coefficient (Wildman–Crippen LogP) is 3.99. The first-order valence-corrected chi connectivity index (χ1v) is 7.85. The Balaban J connectivity index is 2.05. The van der Waals surface area contributed by atoms with Crippen molar-refractivity contribution >= 4 is 5.78 Å². The van der Waals surface area contributed by atoms with E-state index in [2.05, 4.69) is 31.5 Å². The molecule has 0 bridgehead atoms. The number of nitrogens with zero attached hydrogens (tertiary/aromatic N) is 1. The van der Waals surface area contributed by atoms with Gasteiger partial charge in [-0.3, -0.25) is 4.79 Å². The van der Waals surface area contributed by atoms with E-state index < -0.39 is 0 Å². The maximum absolute atomic E-state index is 12.8. The van der Waals surface area contributed by atoms with Crippen LogP contribution in [0.4, 0.5) is 0 Å². The summed E-state index contributed by atoms with van der Waals surface area (Å²) in [5.41, 5.74) is 0.673. The fourth-order valence-electron chi connectivity index (χ4n) is 3.59. The highest BCUT2D eigenvalue weighted by Gasteiger charge is 2.42. The molecule has 1 fully saturated rings. The molecule has 0 aromatic carbocycles. The summed E-state index contributed by atoms with van der Waals surface area (Å²) in [6.45, 7) is 6.29. The molecule has 3 atom stereocenters. The summed E-state index contributed by atoms with van der Waals surface area (Å²) in [6, 6.07) is 4.29. The van der Waals surface area contributed by atoms with Crippen molar-refractivity contribution in [3.8, 4) is 0 Å². The molecule has 0 radical (unpaired) electrons. The van der Waals surface area contributed by atoms with Crippen molar-refractivity contribution in [3.05, 3.63) is 24.0 Å². The smallest absolute Gasteiger partial charge is 0.208 e. The third-order valence-corrected chi connectivity index (χ3v) is 4.64. The minimum absolute atomic E-state index is 0.149. The highest BCUT2D eigenvalue weighted by molar-refractivity contribution is 5.99. The van der Waals surface area contributed by atoms with E-state index in [4.69, 9.17) is 4.74 Å². The largest absolute Gasteiger partial charge is 0.364 e. The number of Topliss-reactive ketones (excluding diaryl/α,β-unsaturated/α-hetero) is 1. The summed E-state index contributed by atoms with van der Waals surface area (Å²) in [4.78, 5) is 12.8. The Morgan fingerprint density at radius 2 is 1.95 bits per heavy atom. The van der Waals surface area contributed by atoms with Crippen LogP contribution >= 0.6 is 0 Å². The summed E-state index contributed by atoms with van der Waals surface area (Å²) in [6.07, 6.45) is 7.83. The number of aromatic nitrogens is 1. The summed E-state index contributed by atoms with van der Waals surface area (Å²) in [7, 11) is 0. The molecule has 1 aliphatic heterocycles. The van der Waals surface area contributed by atoms with Crippen LogP contribution in [0.5, 0.6) is 0 Å². The first-order chi connectivity index (χ1) is 9.48. The topological polar surface area (TPSA) is 31.2 Å². The van der Waals surface area contributed by atoms with Gasteiger partial charge in [-0.05, 0) is 30.4 Å². The summed E-state index contributed by atoms with van der Waals surface area (Å²) >= 11 is 0. The van der Waals surface area contributed by atoms with Gasteiger partial charge in [0.1, 0.15) is 6.10 Å². The van der Waals surface area contributed by atoms with Gasteiger partial charge in [-0.25, -0.2) is 0 Å². The van der Waals surface area contributed by atoms with Gasteiger partial charge in [0.05, 0.1) is 17.8 Å². The quantitative estimate of drug-likeness (QED) is 0.717. The van der Waals surface area contributed by atoms with Gasteiger partial charge in [-0.1, -0.05) is 40.0 Å². The van der Waals surface area contributed by atoms with Crippen molar-refractivity contribution in [2.24, 2.45) is 5.41 Å². The Bertz CT molecular complexity index is 497. The number of hydrogen-bond donors (Lipinski definition) is 0. The standard InChI is InChI=1S/C17H25NO2/c1-17(2,3)16-15(19)13-9-7-11-18(13)12-8-5-4-6-10-14(12)20-16/h7,9,11-12,14,16H,4-6,8,10H2,1-3H3. The van der Waals surface area contributed by atoms with Crippen molar-refractivity contribution in [1.29, 1.82) is 0 Å². The maximum atomic E-state index is 12.8. The molecule has 1 aliphatic carbocycles. The summed E-state index contributed by atoms with van der Waals surface area (Å²) in [5, 5.41) is 0. The number of rotatable bonds is 0. The second-order valence-electron chi connectivity index (χ2n) is 7.29. The van der Waals surface area contributed by atoms with Crippen molar-refractivity contribution in [1.82, 2.24) is 4.57 Å². The van der Waals surface area contributed by atoms with Crippen LogP contribution in [0.25, 0.3) is 0 Å². The zero-order valence-corrected chi connectivity index (χ0v) is 12.8. The lowest BCUT2D eigenvalue weighted by Crippen LogP contribution is -2.39. The molecule has 0 N–H and O–H groups in total. The van der Waals surface area contributed by atoms with Crippen LogP contribution < -0.4 is 0 Å². The van der Waals surface area contributed by atoms with Gasteiger partial charge in [0, 0.05) is 6.20 Å². The van der Waals surface area contributed by atoms with Gasteiger partial charge in [-0.15, -0.1) is 0 Å². The Kier molecular flexibility index (Phi) is 3.49. The fourth-order valence-corrected chi connectivity index (χ4v) is 3.59. The lowest BCUT2D eigenvalue weighted by molar-refractivity contribution is -0.0628. The highest BCUT2D eigenvalue weighted by atomic mass is 16.5. The van der Waals surface area contributed by atoms with E-state index in [-0.39, 0.29) is 23.4 Å². The second-order valence-corrected chi connectivity index (χ2v) is 7.29. The lowest BCUT2D eigenvalue weighted by atomic mass is 9.85. The Morgan fingerprint density at radius 1 is 1.20 bits per heavy atom. The molecule has 3 unspecified atom stereocenters. The van der Waals surface area contributed by atoms with Gasteiger partial charge in [0.15, 0.2) is 0 Å². The molecule has 1 aromatic rings. The molecule has 0 saturated heterocycles. The minimum Gasteiger partial charge on any atom is -0.364 e. The van der Waals surface area contributed by atoms with Gasteiger partial charge in [0.25, 0.3) is 0 Å². The maximum Gasteiger partial charge on any atom is 0.208 e. The fraction of sp³-hybridized carbons (Fsp3) is 0.706. The molecule has 1 aromatic heterocycles. The minimum atomic E-state index is -0.329. The van der Waals surface area contributed by atoms with E-state index in [1.807, 2.05) is 12.1 Å². The van der Waals surface area contributed by atoms with E-state index in [0.29, 0.717) is 6.04 Å². The molecule has 3 rings (SSSR count). The Hall–Kier alpha value is -1.09. The molecule has 0 spiro atoms. The van der Waals surface area contributed by atoms with Crippen LogP contribution in [0, 0.1) is 5.41 Å². The molecular weight excluding hydrogens is 250 g/mol. The average molecular weight is 275 g/mol. The molecule has 20 heavy (non-hydrogen) atoms. The van der Waals surface area contributed by atoms with E-state index in [1.54, 1.807) is 0 Å². The molecule has 3 nitrogen and oxygen atoms in total. The Labute approximate surface area is 121 Å². The molecule has 2 heterocycles. The van der Waals surface area contributed by atoms with Gasteiger partial charge in [0.2, 0.25) is 5.78 Å². The first-order valence-electron chi connectivity index (χ1n) is 7.85. The van der Waals surface area contributed by atoms with Crippen LogP contribution in [0.1, 0.15) is 69.4 Å². The van der Waals surface area contributed by atoms with Crippen LogP contribution in [0.15, 0.2) is 18.3 Å². The third-order valence-electron chi connectivity index (χ3n) is 4.64. The zero-order chi connectivity index (χ0) is 14.3. The van der Waals surface area contributed by atoms with E-state index in [0.717, 1.165) is 18.5 Å². The van der Waals surface area contributed by atoms with Crippen molar-refractivity contribution < 1.29 is 9.53 Å². The van der Waals surface area contributed by atoms with Crippen LogP contribution in [-0.2, 0) is 4.74 Å². The third kappa shape index (κ3) is 2.32. The van der Waals surface area contributed by atoms with Crippen LogP contribution in [0.3, 0.4) is 0 Å². The van der Waals surface area contributed by atoms with E-state index in [1.165, 1.54) is 19.3 Å². The SMILES string of the molecule is CC(C)(C)C1OC2CCCCCC2n2cccc2C1=O. The Morgan fingerprint density at radius 3 is 2.70 bits per heavy atom. The number of ether oxygens (including phenoxy) is 1. The molecule has 110 valence electrons. The van der Waals surface area contributed by atoms with Crippen molar-refractivity contribution in [2.45, 2.75) is 71.1 Å². The van der Waals surface area contributed by atoms with E-state index in [9.17, 15) is 4.79 Å². The molecule has 2 aliphatic rings. The zero-order valence-electron chi connectivity index (χ0n) is 12.8. The highest BCUT2D eigenvalue weighted by Crippen LogP contribution is 2.38. The second kappa shape index (κ2) is 5.03. The number of carbonyl (C=O) groups is 1. The molecule has 0 amide bonds. The molecular formula is C17H25NO2. The van der Waals surface area contributed by atoms with Crippen LogP contribution in [0.2, 0.25) is 0 Å². The first kappa shape index (κ1) is 13.9.